The summed E-state index contributed by atoms with van der Waals surface area (Å²) in [6.45, 7) is 0.125. The van der Waals surface area contributed by atoms with Gasteiger partial charge < -0.3 is 9.47 Å². The van der Waals surface area contributed by atoms with Gasteiger partial charge in [0.2, 0.25) is 5.95 Å². The third kappa shape index (κ3) is 4.42. The van der Waals surface area contributed by atoms with Crippen LogP contribution in [0.25, 0.3) is 0 Å². The van der Waals surface area contributed by atoms with Crippen molar-refractivity contribution in [3.8, 4) is 11.5 Å². The standard InChI is InChI=1S/C13H9F4NO2/c14-12-6-5-11(7-18-12)19-8-9-1-3-10(4-2-9)20-13(15,16)17/h1-7H,8H2. The van der Waals surface area contributed by atoms with Gasteiger partial charge in [-0.15, -0.1) is 13.2 Å². The van der Waals surface area contributed by atoms with E-state index in [9.17, 15) is 17.6 Å². The average molecular weight is 287 g/mol. The van der Waals surface area contributed by atoms with E-state index in [-0.39, 0.29) is 12.4 Å². The maximum absolute atomic E-state index is 12.6. The van der Waals surface area contributed by atoms with Gasteiger partial charge in [0.25, 0.3) is 0 Å². The fraction of sp³-hybridized carbons (Fsp3) is 0.154. The van der Waals surface area contributed by atoms with Crippen molar-refractivity contribution in [2.45, 2.75) is 13.0 Å². The number of ether oxygens (including phenoxy) is 2. The van der Waals surface area contributed by atoms with Gasteiger partial charge >= 0.3 is 6.36 Å². The molecule has 0 saturated carbocycles. The van der Waals surface area contributed by atoms with Crippen LogP contribution in [0.15, 0.2) is 42.6 Å². The number of alkyl halides is 3. The minimum atomic E-state index is -4.71. The largest absolute Gasteiger partial charge is 0.573 e. The van der Waals surface area contributed by atoms with Crippen LogP contribution >= 0.6 is 0 Å². The van der Waals surface area contributed by atoms with Crippen molar-refractivity contribution in [1.29, 1.82) is 0 Å². The Morgan fingerprint density at radius 1 is 0.950 bits per heavy atom. The van der Waals surface area contributed by atoms with Crippen LogP contribution < -0.4 is 9.47 Å². The molecule has 2 rings (SSSR count). The van der Waals surface area contributed by atoms with Gasteiger partial charge in [0.15, 0.2) is 0 Å². The zero-order valence-corrected chi connectivity index (χ0v) is 10.0. The minimum Gasteiger partial charge on any atom is -0.487 e. The van der Waals surface area contributed by atoms with Crippen molar-refractivity contribution in [3.63, 3.8) is 0 Å². The Morgan fingerprint density at radius 3 is 2.15 bits per heavy atom. The molecule has 1 aromatic heterocycles. The van der Waals surface area contributed by atoms with Crippen LogP contribution in [-0.4, -0.2) is 11.3 Å². The molecule has 3 nitrogen and oxygen atoms in total. The number of benzene rings is 1. The summed E-state index contributed by atoms with van der Waals surface area (Å²) in [7, 11) is 0. The summed E-state index contributed by atoms with van der Waals surface area (Å²) >= 11 is 0. The zero-order chi connectivity index (χ0) is 14.6. The normalized spacial score (nSPS) is 11.2. The molecular formula is C13H9F4NO2. The molecule has 0 spiro atoms. The van der Waals surface area contributed by atoms with Gasteiger partial charge in [0.1, 0.15) is 18.1 Å². The Labute approximate surface area is 111 Å². The summed E-state index contributed by atoms with van der Waals surface area (Å²) in [6.07, 6.45) is -3.49. The van der Waals surface area contributed by atoms with E-state index in [1.54, 1.807) is 0 Å². The average Bonchev–Trinajstić information content (AvgIpc) is 2.38. The molecule has 0 aliphatic carbocycles. The number of rotatable bonds is 4. The first kappa shape index (κ1) is 14.1. The topological polar surface area (TPSA) is 31.4 Å². The summed E-state index contributed by atoms with van der Waals surface area (Å²) in [4.78, 5) is 3.41. The second-order valence-electron chi connectivity index (χ2n) is 3.80. The molecule has 0 atom stereocenters. The molecule has 0 bridgehead atoms. The van der Waals surface area contributed by atoms with Crippen LogP contribution in [-0.2, 0) is 6.61 Å². The maximum Gasteiger partial charge on any atom is 0.573 e. The molecule has 0 amide bonds. The number of pyridine rings is 1. The molecule has 7 heteroatoms. The molecule has 0 aliphatic rings. The van der Waals surface area contributed by atoms with E-state index in [4.69, 9.17) is 4.74 Å². The van der Waals surface area contributed by atoms with Crippen LogP contribution in [0.2, 0.25) is 0 Å². The van der Waals surface area contributed by atoms with Gasteiger partial charge in [0.05, 0.1) is 6.20 Å². The van der Waals surface area contributed by atoms with Gasteiger partial charge in [-0.3, -0.25) is 0 Å². The molecule has 0 fully saturated rings. The fourth-order valence-electron chi connectivity index (χ4n) is 1.40. The van der Waals surface area contributed by atoms with Crippen molar-refractivity contribution < 1.29 is 27.0 Å². The maximum atomic E-state index is 12.6. The molecule has 0 aliphatic heterocycles. The van der Waals surface area contributed by atoms with Crippen LogP contribution in [0.1, 0.15) is 5.56 Å². The van der Waals surface area contributed by atoms with Crippen molar-refractivity contribution in [2.75, 3.05) is 0 Å². The van der Waals surface area contributed by atoms with E-state index in [0.717, 1.165) is 6.07 Å². The zero-order valence-electron chi connectivity index (χ0n) is 10.0. The molecule has 106 valence electrons. The van der Waals surface area contributed by atoms with E-state index in [2.05, 4.69) is 9.72 Å². The quantitative estimate of drug-likeness (QED) is 0.634. The lowest BCUT2D eigenvalue weighted by molar-refractivity contribution is -0.274. The van der Waals surface area contributed by atoms with Crippen molar-refractivity contribution >= 4 is 0 Å². The molecule has 2 aromatic rings. The van der Waals surface area contributed by atoms with Crippen LogP contribution in [0.4, 0.5) is 17.6 Å². The molecular weight excluding hydrogens is 278 g/mol. The molecule has 0 saturated heterocycles. The first-order chi connectivity index (χ1) is 9.42. The highest BCUT2D eigenvalue weighted by Crippen LogP contribution is 2.23. The summed E-state index contributed by atoms with van der Waals surface area (Å²) < 4.78 is 57.5. The van der Waals surface area contributed by atoms with E-state index in [1.165, 1.54) is 36.5 Å². The SMILES string of the molecule is Fc1ccc(OCc2ccc(OC(F)(F)F)cc2)cn1. The summed E-state index contributed by atoms with van der Waals surface area (Å²) in [5.74, 6) is -0.558. The highest BCUT2D eigenvalue weighted by molar-refractivity contribution is 5.27. The predicted octanol–water partition coefficient (Wildman–Crippen LogP) is 3.70. The molecule has 1 heterocycles. The van der Waals surface area contributed by atoms with E-state index >= 15 is 0 Å². The first-order valence-electron chi connectivity index (χ1n) is 5.51. The number of nitrogens with zero attached hydrogens (tertiary/aromatic N) is 1. The van der Waals surface area contributed by atoms with Crippen molar-refractivity contribution in [3.05, 3.63) is 54.1 Å². The number of halogens is 4. The van der Waals surface area contributed by atoms with Gasteiger partial charge in [-0.2, -0.15) is 4.39 Å². The van der Waals surface area contributed by atoms with Crippen LogP contribution in [0.3, 0.4) is 0 Å². The molecule has 0 radical (unpaired) electrons. The number of hydrogen-bond acceptors (Lipinski definition) is 3. The fourth-order valence-corrected chi connectivity index (χ4v) is 1.40. The first-order valence-corrected chi connectivity index (χ1v) is 5.51. The second-order valence-corrected chi connectivity index (χ2v) is 3.80. The van der Waals surface area contributed by atoms with E-state index in [1.807, 2.05) is 0 Å². The summed E-state index contributed by atoms with van der Waals surface area (Å²) in [5.41, 5.74) is 0.642. The summed E-state index contributed by atoms with van der Waals surface area (Å²) in [5, 5.41) is 0. The Morgan fingerprint density at radius 2 is 1.60 bits per heavy atom. The minimum absolute atomic E-state index is 0.125. The molecule has 20 heavy (non-hydrogen) atoms. The second kappa shape index (κ2) is 5.77. The van der Waals surface area contributed by atoms with Gasteiger partial charge in [-0.1, -0.05) is 12.1 Å². The highest BCUT2D eigenvalue weighted by atomic mass is 19.4. The third-order valence-corrected chi connectivity index (χ3v) is 2.26. The Balaban J connectivity index is 1.92. The van der Waals surface area contributed by atoms with Crippen molar-refractivity contribution in [2.24, 2.45) is 0 Å². The predicted molar refractivity (Wildman–Crippen MR) is 61.7 cm³/mol. The lowest BCUT2D eigenvalue weighted by Crippen LogP contribution is -2.17. The van der Waals surface area contributed by atoms with Crippen molar-refractivity contribution in [1.82, 2.24) is 4.98 Å². The molecule has 0 unspecified atom stereocenters. The lowest BCUT2D eigenvalue weighted by atomic mass is 10.2. The Hall–Kier alpha value is -2.31. The molecule has 1 aromatic carbocycles. The van der Waals surface area contributed by atoms with Gasteiger partial charge in [-0.25, -0.2) is 4.98 Å². The van der Waals surface area contributed by atoms with Gasteiger partial charge in [0, 0.05) is 0 Å². The smallest absolute Gasteiger partial charge is 0.487 e. The Kier molecular flexibility index (Phi) is 4.07. The molecule has 0 N–H and O–H groups in total. The van der Waals surface area contributed by atoms with Crippen LogP contribution in [0.5, 0.6) is 11.5 Å². The van der Waals surface area contributed by atoms with Crippen LogP contribution in [0, 0.1) is 5.95 Å². The monoisotopic (exact) mass is 287 g/mol. The lowest BCUT2D eigenvalue weighted by Gasteiger charge is -2.09. The number of aromatic nitrogens is 1. The number of hydrogen-bond donors (Lipinski definition) is 0. The highest BCUT2D eigenvalue weighted by Gasteiger charge is 2.30. The van der Waals surface area contributed by atoms with E-state index < -0.39 is 12.3 Å². The third-order valence-electron chi connectivity index (χ3n) is 2.26. The van der Waals surface area contributed by atoms with E-state index in [0.29, 0.717) is 11.3 Å². The Bertz CT molecular complexity index is 552. The summed E-state index contributed by atoms with van der Waals surface area (Å²) in [6, 6.07) is 7.82. The van der Waals surface area contributed by atoms with Gasteiger partial charge in [-0.05, 0) is 29.8 Å².